The van der Waals surface area contributed by atoms with Gasteiger partial charge in [-0.25, -0.2) is 12.8 Å². The molecule has 1 aromatic heterocycles. The molecular weight excluding hydrogens is 495 g/mol. The van der Waals surface area contributed by atoms with Gasteiger partial charge in [0.15, 0.2) is 0 Å². The van der Waals surface area contributed by atoms with Crippen LogP contribution >= 0.6 is 11.3 Å². The Morgan fingerprint density at radius 2 is 1.67 bits per heavy atom. The van der Waals surface area contributed by atoms with Crippen LogP contribution in [-0.4, -0.2) is 43.9 Å². The molecule has 1 aliphatic heterocycles. The molecule has 0 bridgehead atoms. The Kier molecular flexibility index (Phi) is 7.39. The van der Waals surface area contributed by atoms with Crippen molar-refractivity contribution < 1.29 is 17.5 Å². The molecule has 188 valence electrons. The van der Waals surface area contributed by atoms with Crippen molar-refractivity contribution in [3.05, 3.63) is 95.1 Å². The number of nitrogens with zero attached hydrogens (tertiary/aromatic N) is 2. The van der Waals surface area contributed by atoms with E-state index in [1.54, 1.807) is 0 Å². The summed E-state index contributed by atoms with van der Waals surface area (Å²) in [5.74, 6) is 0.0618. The molecule has 3 aromatic carbocycles. The molecule has 8 heteroatoms. The van der Waals surface area contributed by atoms with Gasteiger partial charge in [-0.2, -0.15) is 4.31 Å². The minimum absolute atomic E-state index is 0.0708. The average molecular weight is 525 g/mol. The third-order valence-corrected chi connectivity index (χ3v) is 9.47. The Morgan fingerprint density at radius 1 is 0.972 bits per heavy atom. The highest BCUT2D eigenvalue weighted by atomic mass is 32.2. The SMILES string of the molecule is CN(Cc1ccc(OC2CCN(S(=O)(=O)c3ccccc3F)CC2)cc1)Cc1cc2ccccc2s1. The molecule has 5 nitrogen and oxygen atoms in total. The molecule has 5 rings (SSSR count). The summed E-state index contributed by atoms with van der Waals surface area (Å²) in [6.07, 6.45) is 1.05. The molecule has 0 spiro atoms. The quantitative estimate of drug-likeness (QED) is 0.288. The minimum Gasteiger partial charge on any atom is -0.490 e. The number of thiophene rings is 1. The van der Waals surface area contributed by atoms with Crippen molar-refractivity contribution in [2.45, 2.75) is 36.9 Å². The van der Waals surface area contributed by atoms with Crippen LogP contribution in [-0.2, 0) is 23.1 Å². The van der Waals surface area contributed by atoms with Crippen molar-refractivity contribution in [3.63, 3.8) is 0 Å². The van der Waals surface area contributed by atoms with Gasteiger partial charge in [-0.05, 0) is 67.2 Å². The largest absolute Gasteiger partial charge is 0.490 e. The fraction of sp³-hybridized carbons (Fsp3) is 0.286. The predicted octanol–water partition coefficient (Wildman–Crippen LogP) is 5.90. The highest BCUT2D eigenvalue weighted by Gasteiger charge is 2.31. The molecule has 4 aromatic rings. The van der Waals surface area contributed by atoms with E-state index < -0.39 is 15.8 Å². The first-order valence-electron chi connectivity index (χ1n) is 12.0. The summed E-state index contributed by atoms with van der Waals surface area (Å²) in [4.78, 5) is 3.38. The van der Waals surface area contributed by atoms with Crippen molar-refractivity contribution in [2.75, 3.05) is 20.1 Å². The van der Waals surface area contributed by atoms with Gasteiger partial charge in [0.1, 0.15) is 22.6 Å². The van der Waals surface area contributed by atoms with Gasteiger partial charge in [0, 0.05) is 35.8 Å². The maximum atomic E-state index is 14.0. The Bertz CT molecular complexity index is 1400. The number of piperidine rings is 1. The molecule has 0 N–H and O–H groups in total. The van der Waals surface area contributed by atoms with Gasteiger partial charge in [0.2, 0.25) is 10.0 Å². The van der Waals surface area contributed by atoms with Crippen molar-refractivity contribution in [2.24, 2.45) is 0 Å². The summed E-state index contributed by atoms with van der Waals surface area (Å²) in [5, 5.41) is 1.29. The summed E-state index contributed by atoms with van der Waals surface area (Å²) < 4.78 is 48.4. The van der Waals surface area contributed by atoms with Gasteiger partial charge in [-0.15, -0.1) is 11.3 Å². The van der Waals surface area contributed by atoms with E-state index in [0.29, 0.717) is 25.9 Å². The van der Waals surface area contributed by atoms with Crippen LogP contribution in [0.3, 0.4) is 0 Å². The van der Waals surface area contributed by atoms with E-state index in [1.165, 1.54) is 49.1 Å². The van der Waals surface area contributed by atoms with Crippen molar-refractivity contribution >= 4 is 31.4 Å². The molecule has 0 radical (unpaired) electrons. The van der Waals surface area contributed by atoms with Crippen LogP contribution in [0.5, 0.6) is 5.75 Å². The zero-order chi connectivity index (χ0) is 25.1. The van der Waals surface area contributed by atoms with Crippen molar-refractivity contribution in [3.8, 4) is 5.75 Å². The second kappa shape index (κ2) is 10.7. The van der Waals surface area contributed by atoms with E-state index in [0.717, 1.165) is 18.8 Å². The molecule has 2 heterocycles. The number of fused-ring (bicyclic) bond motifs is 1. The molecule has 36 heavy (non-hydrogen) atoms. The summed E-state index contributed by atoms with van der Waals surface area (Å²) in [6, 6.07) is 24.4. The first-order chi connectivity index (χ1) is 17.4. The third kappa shape index (κ3) is 5.62. The Labute approximate surface area is 215 Å². The lowest BCUT2D eigenvalue weighted by Gasteiger charge is -2.31. The zero-order valence-electron chi connectivity index (χ0n) is 20.1. The van der Waals surface area contributed by atoms with Gasteiger partial charge in [0.05, 0.1) is 0 Å². The van der Waals surface area contributed by atoms with Crippen LogP contribution in [0.25, 0.3) is 10.1 Å². The molecule has 0 unspecified atom stereocenters. The lowest BCUT2D eigenvalue weighted by atomic mass is 10.1. The van der Waals surface area contributed by atoms with Gasteiger partial charge in [-0.1, -0.05) is 42.5 Å². The molecule has 1 saturated heterocycles. The first-order valence-corrected chi connectivity index (χ1v) is 14.3. The van der Waals surface area contributed by atoms with E-state index in [4.69, 9.17) is 4.74 Å². The standard InChI is InChI=1S/C28H29FN2O3S2/c1-30(20-25-18-22-6-2-4-8-27(22)35-25)19-21-10-12-23(13-11-21)34-24-14-16-31(17-15-24)36(32,33)28-9-5-3-7-26(28)29/h2-13,18,24H,14-17,19-20H2,1H3. The van der Waals surface area contributed by atoms with Gasteiger partial charge in [0.25, 0.3) is 0 Å². The number of sulfonamides is 1. The maximum absolute atomic E-state index is 14.0. The number of ether oxygens (including phenoxy) is 1. The third-order valence-electron chi connectivity index (χ3n) is 6.44. The molecule has 1 aliphatic rings. The van der Waals surface area contributed by atoms with Gasteiger partial charge < -0.3 is 4.74 Å². The Hall–Kier alpha value is -2.78. The predicted molar refractivity (Wildman–Crippen MR) is 142 cm³/mol. The second-order valence-corrected chi connectivity index (χ2v) is 12.3. The smallest absolute Gasteiger partial charge is 0.245 e. The monoisotopic (exact) mass is 524 g/mol. The molecule has 1 fully saturated rings. The van der Waals surface area contributed by atoms with Crippen LogP contribution in [0.4, 0.5) is 4.39 Å². The maximum Gasteiger partial charge on any atom is 0.245 e. The van der Waals surface area contributed by atoms with Crippen LogP contribution in [0.15, 0.2) is 83.8 Å². The number of hydrogen-bond donors (Lipinski definition) is 0. The molecule has 0 atom stereocenters. The van der Waals surface area contributed by atoms with E-state index in [2.05, 4.69) is 54.4 Å². The lowest BCUT2D eigenvalue weighted by molar-refractivity contribution is 0.135. The normalized spacial score (nSPS) is 15.5. The molecule has 0 aliphatic carbocycles. The van der Waals surface area contributed by atoms with E-state index in [1.807, 2.05) is 23.5 Å². The van der Waals surface area contributed by atoms with Crippen LogP contribution in [0.2, 0.25) is 0 Å². The second-order valence-electron chi connectivity index (χ2n) is 9.22. The summed E-state index contributed by atoms with van der Waals surface area (Å²) in [6.45, 7) is 2.34. The zero-order valence-corrected chi connectivity index (χ0v) is 21.8. The minimum atomic E-state index is -3.84. The fourth-order valence-corrected chi connectivity index (χ4v) is 7.28. The highest BCUT2D eigenvalue weighted by molar-refractivity contribution is 7.89. The Morgan fingerprint density at radius 3 is 2.39 bits per heavy atom. The van der Waals surface area contributed by atoms with Crippen LogP contribution in [0, 0.1) is 5.82 Å². The first kappa shape index (κ1) is 24.9. The van der Waals surface area contributed by atoms with E-state index in [9.17, 15) is 12.8 Å². The van der Waals surface area contributed by atoms with Crippen molar-refractivity contribution in [1.29, 1.82) is 0 Å². The van der Waals surface area contributed by atoms with E-state index in [-0.39, 0.29) is 11.0 Å². The summed E-state index contributed by atoms with van der Waals surface area (Å²) in [7, 11) is -1.71. The molecule has 0 saturated carbocycles. The van der Waals surface area contributed by atoms with Gasteiger partial charge in [-0.3, -0.25) is 4.90 Å². The molecular formula is C28H29FN2O3S2. The number of halogens is 1. The highest BCUT2D eigenvalue weighted by Crippen LogP contribution is 2.27. The Balaban J connectivity index is 1.12. The van der Waals surface area contributed by atoms with E-state index >= 15 is 0 Å². The topological polar surface area (TPSA) is 49.9 Å². The fourth-order valence-electron chi connectivity index (χ4n) is 4.60. The van der Waals surface area contributed by atoms with Crippen molar-refractivity contribution in [1.82, 2.24) is 9.21 Å². The number of benzene rings is 3. The average Bonchev–Trinajstić information content (AvgIpc) is 3.28. The lowest BCUT2D eigenvalue weighted by Crippen LogP contribution is -2.41. The van der Waals surface area contributed by atoms with Gasteiger partial charge >= 0.3 is 0 Å². The number of rotatable bonds is 8. The van der Waals surface area contributed by atoms with Crippen LogP contribution in [0.1, 0.15) is 23.3 Å². The summed E-state index contributed by atoms with van der Waals surface area (Å²) in [5.41, 5.74) is 1.21. The molecule has 0 amide bonds. The summed E-state index contributed by atoms with van der Waals surface area (Å²) >= 11 is 1.84. The number of hydrogen-bond acceptors (Lipinski definition) is 5. The van der Waals surface area contributed by atoms with Crippen LogP contribution < -0.4 is 4.74 Å².